The second kappa shape index (κ2) is 8.09. The van der Waals surface area contributed by atoms with E-state index in [-0.39, 0.29) is 6.61 Å². The lowest BCUT2D eigenvalue weighted by atomic mass is 9.93. The van der Waals surface area contributed by atoms with Crippen LogP contribution in [0.15, 0.2) is 24.4 Å². The van der Waals surface area contributed by atoms with Crippen LogP contribution >= 0.6 is 0 Å². The molecular weight excluding hydrogens is 288 g/mol. The van der Waals surface area contributed by atoms with E-state index in [9.17, 15) is 5.11 Å². The van der Waals surface area contributed by atoms with Crippen molar-refractivity contribution < 1.29 is 9.84 Å². The van der Waals surface area contributed by atoms with Crippen LogP contribution in [0.2, 0.25) is 0 Å². The first-order valence-electron chi connectivity index (χ1n) is 8.05. The third-order valence-electron chi connectivity index (χ3n) is 4.20. The number of hydrogen-bond donors (Lipinski definition) is 2. The first-order chi connectivity index (χ1) is 11.1. The molecule has 124 valence electrons. The maximum absolute atomic E-state index is 9.57. The molecule has 4 nitrogen and oxygen atoms in total. The maximum atomic E-state index is 9.57. The van der Waals surface area contributed by atoms with Crippen molar-refractivity contribution in [2.45, 2.75) is 47.4 Å². The fourth-order valence-electron chi connectivity index (χ4n) is 2.94. The van der Waals surface area contributed by atoms with Gasteiger partial charge in [0, 0.05) is 24.8 Å². The summed E-state index contributed by atoms with van der Waals surface area (Å²) < 4.78 is 5.56. The van der Waals surface area contributed by atoms with E-state index in [0.29, 0.717) is 19.0 Å². The zero-order valence-electron chi connectivity index (χ0n) is 14.4. The first-order valence-corrected chi connectivity index (χ1v) is 8.05. The van der Waals surface area contributed by atoms with Crippen LogP contribution in [0.5, 0.6) is 5.88 Å². The molecule has 2 rings (SSSR count). The van der Waals surface area contributed by atoms with E-state index in [0.717, 1.165) is 23.2 Å². The van der Waals surface area contributed by atoms with E-state index < -0.39 is 0 Å². The van der Waals surface area contributed by atoms with Crippen LogP contribution in [-0.2, 0) is 19.7 Å². The Morgan fingerprint density at radius 1 is 1.13 bits per heavy atom. The Hall–Kier alpha value is -1.91. The van der Waals surface area contributed by atoms with Gasteiger partial charge in [-0.25, -0.2) is 4.98 Å². The van der Waals surface area contributed by atoms with Crippen molar-refractivity contribution >= 4 is 0 Å². The lowest BCUT2D eigenvalue weighted by molar-refractivity contribution is 0.280. The predicted molar refractivity (Wildman–Crippen MR) is 92.5 cm³/mol. The van der Waals surface area contributed by atoms with Crippen LogP contribution in [0, 0.1) is 20.8 Å². The highest BCUT2D eigenvalue weighted by Crippen LogP contribution is 2.22. The van der Waals surface area contributed by atoms with Crippen molar-refractivity contribution in [3.63, 3.8) is 0 Å². The summed E-state index contributed by atoms with van der Waals surface area (Å²) in [5.41, 5.74) is 6.91. The summed E-state index contributed by atoms with van der Waals surface area (Å²) in [5, 5.41) is 13.0. The standard InChI is InChI=1S/C19H26N2O2/c1-5-23-19-16(7-6-8-21-19)10-20-11-17-13(2)9-14(3)18(12-22)15(17)4/h6-9,20,22H,5,10-12H2,1-4H3. The average molecular weight is 314 g/mol. The SMILES string of the molecule is CCOc1ncccc1CNCc1c(C)cc(C)c(CO)c1C. The van der Waals surface area contributed by atoms with Gasteiger partial charge >= 0.3 is 0 Å². The summed E-state index contributed by atoms with van der Waals surface area (Å²) in [6.07, 6.45) is 1.75. The zero-order valence-corrected chi connectivity index (χ0v) is 14.4. The van der Waals surface area contributed by atoms with Gasteiger partial charge in [0.25, 0.3) is 0 Å². The van der Waals surface area contributed by atoms with E-state index in [4.69, 9.17) is 4.74 Å². The molecule has 0 saturated heterocycles. The minimum Gasteiger partial charge on any atom is -0.478 e. The van der Waals surface area contributed by atoms with E-state index in [1.807, 2.05) is 26.0 Å². The molecule has 0 unspecified atom stereocenters. The number of aliphatic hydroxyl groups is 1. The van der Waals surface area contributed by atoms with Gasteiger partial charge < -0.3 is 15.2 Å². The van der Waals surface area contributed by atoms with Gasteiger partial charge in [0.1, 0.15) is 0 Å². The van der Waals surface area contributed by atoms with Crippen molar-refractivity contribution in [3.05, 3.63) is 57.8 Å². The van der Waals surface area contributed by atoms with Crippen LogP contribution < -0.4 is 10.1 Å². The monoisotopic (exact) mass is 314 g/mol. The second-order valence-electron chi connectivity index (χ2n) is 5.75. The third-order valence-corrected chi connectivity index (χ3v) is 4.20. The molecule has 1 heterocycles. The number of aryl methyl sites for hydroxylation is 2. The smallest absolute Gasteiger partial charge is 0.217 e. The Morgan fingerprint density at radius 3 is 2.57 bits per heavy atom. The summed E-state index contributed by atoms with van der Waals surface area (Å²) in [6.45, 7) is 10.4. The number of hydrogen-bond acceptors (Lipinski definition) is 4. The van der Waals surface area contributed by atoms with E-state index in [1.54, 1.807) is 6.20 Å². The van der Waals surface area contributed by atoms with Crippen molar-refractivity contribution in [2.24, 2.45) is 0 Å². The molecule has 4 heteroatoms. The Morgan fingerprint density at radius 2 is 1.87 bits per heavy atom. The van der Waals surface area contributed by atoms with Gasteiger partial charge in [-0.1, -0.05) is 12.1 Å². The van der Waals surface area contributed by atoms with Gasteiger partial charge in [-0.05, 0) is 61.6 Å². The maximum Gasteiger partial charge on any atom is 0.217 e. The number of nitrogens with zero attached hydrogens (tertiary/aromatic N) is 1. The number of ether oxygens (including phenoxy) is 1. The van der Waals surface area contributed by atoms with Gasteiger partial charge in [-0.3, -0.25) is 0 Å². The molecule has 0 amide bonds. The summed E-state index contributed by atoms with van der Waals surface area (Å²) in [6, 6.07) is 6.09. The molecule has 0 bridgehead atoms. The highest BCUT2D eigenvalue weighted by Gasteiger charge is 2.11. The topological polar surface area (TPSA) is 54.4 Å². The molecule has 0 aliphatic carbocycles. The van der Waals surface area contributed by atoms with Crippen molar-refractivity contribution in [1.82, 2.24) is 10.3 Å². The minimum atomic E-state index is 0.0854. The molecule has 0 atom stereocenters. The summed E-state index contributed by atoms with van der Waals surface area (Å²) in [4.78, 5) is 4.27. The van der Waals surface area contributed by atoms with E-state index in [2.05, 4.69) is 30.2 Å². The quantitative estimate of drug-likeness (QED) is 0.824. The zero-order chi connectivity index (χ0) is 16.8. The molecular formula is C19H26N2O2. The number of aromatic nitrogens is 1. The summed E-state index contributed by atoms with van der Waals surface area (Å²) >= 11 is 0. The van der Waals surface area contributed by atoms with Crippen LogP contribution in [0.3, 0.4) is 0 Å². The van der Waals surface area contributed by atoms with E-state index >= 15 is 0 Å². The highest BCUT2D eigenvalue weighted by molar-refractivity contribution is 5.44. The molecule has 2 N–H and O–H groups in total. The molecule has 0 fully saturated rings. The van der Waals surface area contributed by atoms with Crippen LogP contribution in [0.1, 0.15) is 40.3 Å². The second-order valence-corrected chi connectivity index (χ2v) is 5.75. The molecule has 0 spiro atoms. The molecule has 1 aromatic heterocycles. The average Bonchev–Trinajstić information content (AvgIpc) is 2.52. The molecule has 2 aromatic rings. The van der Waals surface area contributed by atoms with Gasteiger partial charge in [0.15, 0.2) is 0 Å². The minimum absolute atomic E-state index is 0.0854. The molecule has 0 radical (unpaired) electrons. The molecule has 23 heavy (non-hydrogen) atoms. The number of nitrogens with one attached hydrogen (secondary N) is 1. The van der Waals surface area contributed by atoms with Gasteiger partial charge in [0.05, 0.1) is 13.2 Å². The number of pyridine rings is 1. The molecule has 0 aliphatic heterocycles. The van der Waals surface area contributed by atoms with Gasteiger partial charge in [0.2, 0.25) is 5.88 Å². The van der Waals surface area contributed by atoms with Crippen LogP contribution in [0.4, 0.5) is 0 Å². The predicted octanol–water partition coefficient (Wildman–Crippen LogP) is 3.19. The van der Waals surface area contributed by atoms with Crippen LogP contribution in [-0.4, -0.2) is 16.7 Å². The fraction of sp³-hybridized carbons (Fsp3) is 0.421. The highest BCUT2D eigenvalue weighted by atomic mass is 16.5. The van der Waals surface area contributed by atoms with Crippen molar-refractivity contribution in [3.8, 4) is 5.88 Å². The largest absolute Gasteiger partial charge is 0.478 e. The fourth-order valence-corrected chi connectivity index (χ4v) is 2.94. The number of aliphatic hydroxyl groups excluding tert-OH is 1. The number of benzene rings is 1. The third kappa shape index (κ3) is 4.09. The summed E-state index contributed by atoms with van der Waals surface area (Å²) in [7, 11) is 0. The number of rotatable bonds is 7. The Bertz CT molecular complexity index is 669. The lowest BCUT2D eigenvalue weighted by Crippen LogP contribution is -2.16. The molecule has 1 aromatic carbocycles. The normalized spacial score (nSPS) is 10.8. The Balaban J connectivity index is 2.11. The van der Waals surface area contributed by atoms with Crippen LogP contribution in [0.25, 0.3) is 0 Å². The van der Waals surface area contributed by atoms with Gasteiger partial charge in [-0.15, -0.1) is 0 Å². The van der Waals surface area contributed by atoms with E-state index in [1.165, 1.54) is 16.7 Å². The lowest BCUT2D eigenvalue weighted by Gasteiger charge is -2.17. The Kier molecular flexibility index (Phi) is 6.13. The molecule has 0 aliphatic rings. The first kappa shape index (κ1) is 17.4. The van der Waals surface area contributed by atoms with Gasteiger partial charge in [-0.2, -0.15) is 0 Å². The van der Waals surface area contributed by atoms with Crippen molar-refractivity contribution in [1.29, 1.82) is 0 Å². The Labute approximate surface area is 138 Å². The van der Waals surface area contributed by atoms with Crippen molar-refractivity contribution in [2.75, 3.05) is 6.61 Å². The molecule has 0 saturated carbocycles. The summed E-state index contributed by atoms with van der Waals surface area (Å²) in [5.74, 6) is 0.691.